The summed E-state index contributed by atoms with van der Waals surface area (Å²) in [5, 5.41) is 5.98. The summed E-state index contributed by atoms with van der Waals surface area (Å²) in [4.78, 5) is 30.6. The van der Waals surface area contributed by atoms with Crippen molar-refractivity contribution >= 4 is 33.5 Å². The first kappa shape index (κ1) is 20.4. The third-order valence-corrected chi connectivity index (χ3v) is 8.37. The van der Waals surface area contributed by atoms with Crippen LogP contribution in [0.3, 0.4) is 0 Å². The van der Waals surface area contributed by atoms with Crippen molar-refractivity contribution < 1.29 is 18.7 Å². The molecule has 162 valence electrons. The molecule has 3 saturated carbocycles. The Bertz CT molecular complexity index is 831. The topological polar surface area (TPSA) is 80.3 Å². The Morgan fingerprint density at radius 3 is 2.67 bits per heavy atom. The molecule has 0 aromatic carbocycles. The number of halogens is 2. The van der Waals surface area contributed by atoms with Gasteiger partial charge in [0, 0.05) is 12.5 Å². The SMILES string of the molecule is O=C(OC[C@H]1CCNC[C@@H]1F)[C@H]1[C@H](C(=O)Nc2ccc(Br)nc2)[C@@H]2CC[C@H]1C21CC1. The summed E-state index contributed by atoms with van der Waals surface area (Å²) in [5.74, 6) is -1.05. The van der Waals surface area contributed by atoms with Crippen LogP contribution in [0, 0.1) is 35.0 Å². The van der Waals surface area contributed by atoms with Gasteiger partial charge in [0.1, 0.15) is 10.8 Å². The zero-order valence-corrected chi connectivity index (χ0v) is 18.4. The molecule has 1 saturated heterocycles. The van der Waals surface area contributed by atoms with E-state index in [9.17, 15) is 14.0 Å². The molecular formula is C22H27BrFN3O3. The fraction of sp³-hybridized carbons (Fsp3) is 0.682. The lowest BCUT2D eigenvalue weighted by atomic mass is 9.78. The third kappa shape index (κ3) is 3.45. The average Bonchev–Trinajstić information content (AvgIpc) is 3.41. The van der Waals surface area contributed by atoms with Crippen molar-refractivity contribution in [2.45, 2.75) is 38.3 Å². The van der Waals surface area contributed by atoms with Crippen molar-refractivity contribution in [3.05, 3.63) is 22.9 Å². The highest BCUT2D eigenvalue weighted by atomic mass is 79.9. The number of rotatable bonds is 5. The fourth-order valence-electron chi connectivity index (χ4n) is 6.35. The lowest BCUT2D eigenvalue weighted by molar-refractivity contribution is -0.157. The summed E-state index contributed by atoms with van der Waals surface area (Å²) in [6.07, 6.45) is 5.43. The lowest BCUT2D eigenvalue weighted by Gasteiger charge is -2.30. The summed E-state index contributed by atoms with van der Waals surface area (Å²) in [6.45, 7) is 1.16. The minimum absolute atomic E-state index is 0.105. The van der Waals surface area contributed by atoms with Crippen molar-refractivity contribution in [2.75, 3.05) is 25.0 Å². The van der Waals surface area contributed by atoms with Gasteiger partial charge >= 0.3 is 5.97 Å². The van der Waals surface area contributed by atoms with E-state index in [1.165, 1.54) is 0 Å². The minimum Gasteiger partial charge on any atom is -0.465 e. The van der Waals surface area contributed by atoms with Crippen LogP contribution in [-0.4, -0.2) is 42.7 Å². The Balaban J connectivity index is 1.31. The number of nitrogens with zero attached hydrogens (tertiary/aromatic N) is 1. The molecule has 30 heavy (non-hydrogen) atoms. The highest BCUT2D eigenvalue weighted by Crippen LogP contribution is 2.74. The second-order valence-corrected chi connectivity index (χ2v) is 10.1. The van der Waals surface area contributed by atoms with E-state index >= 15 is 0 Å². The molecule has 5 rings (SSSR count). The number of anilines is 1. The van der Waals surface area contributed by atoms with Crippen LogP contribution in [0.5, 0.6) is 0 Å². The summed E-state index contributed by atoms with van der Waals surface area (Å²) >= 11 is 3.29. The first-order valence-corrected chi connectivity index (χ1v) is 11.7. The Hall–Kier alpha value is -1.54. The summed E-state index contributed by atoms with van der Waals surface area (Å²) < 4.78 is 20.5. The number of hydrogen-bond donors (Lipinski definition) is 2. The second kappa shape index (κ2) is 7.86. The number of amides is 1. The molecule has 4 aliphatic rings. The van der Waals surface area contributed by atoms with E-state index in [1.807, 2.05) is 0 Å². The fourth-order valence-corrected chi connectivity index (χ4v) is 6.58. The first-order valence-electron chi connectivity index (χ1n) is 10.9. The standard InChI is InChI=1S/C22H27BrFN3O3/c23-17-4-1-13(9-26-17)27-20(28)18-14-2-3-15(22(14)6-7-22)19(18)21(29)30-11-12-5-8-25-10-16(12)24/h1,4,9,12,14-16,18-19,25H,2-3,5-8,10-11H2,(H,27,28)/t12-,14+,15-,16+,18-,19-/m1/s1. The summed E-state index contributed by atoms with van der Waals surface area (Å²) in [5.41, 5.74) is 0.763. The molecule has 0 radical (unpaired) electrons. The van der Waals surface area contributed by atoms with Crippen LogP contribution in [0.25, 0.3) is 0 Å². The molecule has 1 aromatic heterocycles. The zero-order valence-electron chi connectivity index (χ0n) is 16.8. The number of pyridine rings is 1. The van der Waals surface area contributed by atoms with Gasteiger partial charge in [0.2, 0.25) is 5.91 Å². The van der Waals surface area contributed by atoms with E-state index in [4.69, 9.17) is 4.74 Å². The van der Waals surface area contributed by atoms with Crippen LogP contribution in [0.2, 0.25) is 0 Å². The van der Waals surface area contributed by atoms with Crippen molar-refractivity contribution in [2.24, 2.45) is 35.0 Å². The van der Waals surface area contributed by atoms with Crippen LogP contribution in [-0.2, 0) is 14.3 Å². The van der Waals surface area contributed by atoms with Crippen molar-refractivity contribution in [1.29, 1.82) is 0 Å². The Kier molecular flexibility index (Phi) is 5.34. The number of alkyl halides is 1. The Morgan fingerprint density at radius 1 is 1.23 bits per heavy atom. The van der Waals surface area contributed by atoms with E-state index in [1.54, 1.807) is 18.3 Å². The maximum atomic E-state index is 14.1. The second-order valence-electron chi connectivity index (χ2n) is 9.33. The van der Waals surface area contributed by atoms with E-state index in [2.05, 4.69) is 31.5 Å². The summed E-state index contributed by atoms with van der Waals surface area (Å²) in [6, 6.07) is 3.57. The zero-order chi connectivity index (χ0) is 20.9. The number of hydrogen-bond acceptors (Lipinski definition) is 5. The van der Waals surface area contributed by atoms with Gasteiger partial charge in [-0.2, -0.15) is 0 Å². The number of carbonyl (C=O) groups is 2. The van der Waals surface area contributed by atoms with Crippen LogP contribution in [0.1, 0.15) is 32.1 Å². The lowest BCUT2D eigenvalue weighted by Crippen LogP contribution is -2.42. The molecule has 3 aliphatic carbocycles. The van der Waals surface area contributed by atoms with Gasteiger partial charge < -0.3 is 15.4 Å². The van der Waals surface area contributed by atoms with Gasteiger partial charge in [0.15, 0.2) is 0 Å². The molecule has 0 unspecified atom stereocenters. The van der Waals surface area contributed by atoms with Crippen molar-refractivity contribution in [3.63, 3.8) is 0 Å². The van der Waals surface area contributed by atoms with Gasteiger partial charge in [-0.25, -0.2) is 9.37 Å². The molecule has 1 aliphatic heterocycles. The van der Waals surface area contributed by atoms with Crippen LogP contribution in [0.15, 0.2) is 22.9 Å². The molecule has 1 amide bonds. The van der Waals surface area contributed by atoms with E-state index in [0.717, 1.165) is 32.2 Å². The van der Waals surface area contributed by atoms with Crippen LogP contribution in [0.4, 0.5) is 10.1 Å². The number of piperidine rings is 1. The maximum Gasteiger partial charge on any atom is 0.310 e. The molecule has 1 spiro atoms. The third-order valence-electron chi connectivity index (χ3n) is 7.90. The smallest absolute Gasteiger partial charge is 0.310 e. The van der Waals surface area contributed by atoms with Crippen LogP contribution < -0.4 is 10.6 Å². The Labute approximate surface area is 183 Å². The number of nitrogens with one attached hydrogen (secondary N) is 2. The highest BCUT2D eigenvalue weighted by Gasteiger charge is 2.72. The highest BCUT2D eigenvalue weighted by molar-refractivity contribution is 9.10. The van der Waals surface area contributed by atoms with Gasteiger partial charge in [-0.1, -0.05) is 0 Å². The molecule has 8 heteroatoms. The monoisotopic (exact) mass is 479 g/mol. The molecule has 6 atom stereocenters. The molecule has 2 N–H and O–H groups in total. The number of esters is 1. The molecule has 2 bridgehead atoms. The molecule has 2 heterocycles. The van der Waals surface area contributed by atoms with Gasteiger partial charge in [0.05, 0.1) is 30.3 Å². The van der Waals surface area contributed by atoms with Gasteiger partial charge in [0.25, 0.3) is 0 Å². The van der Waals surface area contributed by atoms with Crippen molar-refractivity contribution in [1.82, 2.24) is 10.3 Å². The Morgan fingerprint density at radius 2 is 2.00 bits per heavy atom. The van der Waals surface area contributed by atoms with Crippen molar-refractivity contribution in [3.8, 4) is 0 Å². The largest absolute Gasteiger partial charge is 0.465 e. The normalized spacial score (nSPS) is 35.9. The number of ether oxygens (including phenoxy) is 1. The van der Waals surface area contributed by atoms with E-state index in [0.29, 0.717) is 23.3 Å². The molecule has 1 aromatic rings. The van der Waals surface area contributed by atoms with Gasteiger partial charge in [-0.05, 0) is 84.0 Å². The van der Waals surface area contributed by atoms with Gasteiger partial charge in [-0.3, -0.25) is 9.59 Å². The average molecular weight is 480 g/mol. The predicted octanol–water partition coefficient (Wildman–Crippen LogP) is 3.33. The first-order chi connectivity index (χ1) is 14.5. The van der Waals surface area contributed by atoms with E-state index in [-0.39, 0.29) is 47.6 Å². The van der Waals surface area contributed by atoms with Gasteiger partial charge in [-0.15, -0.1) is 0 Å². The number of carbonyl (C=O) groups excluding carboxylic acids is 2. The van der Waals surface area contributed by atoms with E-state index < -0.39 is 12.1 Å². The predicted molar refractivity (Wildman–Crippen MR) is 112 cm³/mol. The molecule has 6 nitrogen and oxygen atoms in total. The minimum atomic E-state index is -0.995. The quantitative estimate of drug-likeness (QED) is 0.500. The maximum absolute atomic E-state index is 14.1. The number of aromatic nitrogens is 1. The van der Waals surface area contributed by atoms with Crippen LogP contribution >= 0.6 is 15.9 Å². The summed E-state index contributed by atoms with van der Waals surface area (Å²) in [7, 11) is 0. The molecule has 4 fully saturated rings. The molecular weight excluding hydrogens is 453 g/mol.